The lowest BCUT2D eigenvalue weighted by atomic mass is 9.85. The summed E-state index contributed by atoms with van der Waals surface area (Å²) in [6.07, 6.45) is 7.89. The van der Waals surface area contributed by atoms with Crippen LogP contribution in [-0.2, 0) is 4.79 Å². The van der Waals surface area contributed by atoms with E-state index < -0.39 is 5.97 Å². The number of hydrogen-bond donors (Lipinski definition) is 1. The molecule has 2 nitrogen and oxygen atoms in total. The monoisotopic (exact) mass is 212 g/mol. The molecule has 0 rings (SSSR count). The number of hydrogen-bond acceptors (Lipinski definition) is 1. The Balaban J connectivity index is 4.06. The summed E-state index contributed by atoms with van der Waals surface area (Å²) in [6.45, 7) is 8.06. The first-order valence-electron chi connectivity index (χ1n) is 5.82. The van der Waals surface area contributed by atoms with E-state index in [0.29, 0.717) is 5.57 Å². The molecule has 0 radical (unpaired) electrons. The van der Waals surface area contributed by atoms with E-state index >= 15 is 0 Å². The molecule has 0 aliphatic carbocycles. The van der Waals surface area contributed by atoms with Gasteiger partial charge in [-0.1, -0.05) is 52.5 Å². The van der Waals surface area contributed by atoms with Gasteiger partial charge < -0.3 is 5.11 Å². The van der Waals surface area contributed by atoms with Gasteiger partial charge in [0.25, 0.3) is 0 Å². The van der Waals surface area contributed by atoms with Gasteiger partial charge in [0.1, 0.15) is 0 Å². The van der Waals surface area contributed by atoms with Crippen LogP contribution in [0.5, 0.6) is 0 Å². The molecule has 0 aromatic rings. The molecule has 0 bridgehead atoms. The second-order valence-corrected chi connectivity index (χ2v) is 4.93. The van der Waals surface area contributed by atoms with Crippen LogP contribution in [0, 0.1) is 5.41 Å². The lowest BCUT2D eigenvalue weighted by Crippen LogP contribution is -2.10. The van der Waals surface area contributed by atoms with Gasteiger partial charge in [-0.05, 0) is 18.8 Å². The molecule has 0 aromatic carbocycles. The standard InChI is InChI=1S/C13H24O2/c1-5-6-7-8-9-13(3,4)10-11(2)12(14)15/h10H,5-9H2,1-4H3,(H,14,15). The fourth-order valence-electron chi connectivity index (χ4n) is 1.73. The molecule has 0 fully saturated rings. The van der Waals surface area contributed by atoms with Crippen LogP contribution in [-0.4, -0.2) is 11.1 Å². The Morgan fingerprint density at radius 1 is 1.27 bits per heavy atom. The summed E-state index contributed by atoms with van der Waals surface area (Å²) in [5.41, 5.74) is 0.464. The maximum Gasteiger partial charge on any atom is 0.330 e. The number of carbonyl (C=O) groups is 1. The van der Waals surface area contributed by atoms with Gasteiger partial charge in [0, 0.05) is 5.57 Å². The molecule has 0 heterocycles. The summed E-state index contributed by atoms with van der Waals surface area (Å²) in [4.78, 5) is 10.7. The second-order valence-electron chi connectivity index (χ2n) is 4.93. The van der Waals surface area contributed by atoms with Gasteiger partial charge in [-0.3, -0.25) is 0 Å². The minimum atomic E-state index is -0.809. The number of carboxylic acids is 1. The highest BCUT2D eigenvalue weighted by atomic mass is 16.4. The van der Waals surface area contributed by atoms with Crippen molar-refractivity contribution in [1.29, 1.82) is 0 Å². The Labute approximate surface area is 93.4 Å². The average molecular weight is 212 g/mol. The molecule has 88 valence electrons. The maximum atomic E-state index is 10.7. The fraction of sp³-hybridized carbons (Fsp3) is 0.769. The van der Waals surface area contributed by atoms with Crippen LogP contribution in [0.1, 0.15) is 59.8 Å². The Morgan fingerprint density at radius 2 is 1.87 bits per heavy atom. The number of aliphatic carboxylic acids is 1. The van der Waals surface area contributed by atoms with Gasteiger partial charge in [-0.15, -0.1) is 0 Å². The van der Waals surface area contributed by atoms with E-state index in [1.807, 2.05) is 6.08 Å². The molecule has 0 aromatic heterocycles. The van der Waals surface area contributed by atoms with Crippen molar-refractivity contribution in [2.45, 2.75) is 59.8 Å². The van der Waals surface area contributed by atoms with Crippen molar-refractivity contribution in [3.63, 3.8) is 0 Å². The third-order valence-corrected chi connectivity index (χ3v) is 2.62. The third-order valence-electron chi connectivity index (χ3n) is 2.62. The molecular formula is C13H24O2. The lowest BCUT2D eigenvalue weighted by molar-refractivity contribution is -0.132. The van der Waals surface area contributed by atoms with Crippen molar-refractivity contribution in [2.75, 3.05) is 0 Å². The second kappa shape index (κ2) is 6.65. The largest absolute Gasteiger partial charge is 0.478 e. The molecule has 0 aliphatic heterocycles. The molecule has 0 saturated heterocycles. The molecule has 0 aliphatic rings. The molecule has 15 heavy (non-hydrogen) atoms. The summed E-state index contributed by atoms with van der Waals surface area (Å²) in [6, 6.07) is 0. The highest BCUT2D eigenvalue weighted by Crippen LogP contribution is 2.27. The zero-order chi connectivity index (χ0) is 11.9. The first-order valence-corrected chi connectivity index (χ1v) is 5.82. The normalized spacial score (nSPS) is 12.9. The van der Waals surface area contributed by atoms with Gasteiger partial charge >= 0.3 is 5.97 Å². The Hall–Kier alpha value is -0.790. The van der Waals surface area contributed by atoms with Gasteiger partial charge in [0.15, 0.2) is 0 Å². The topological polar surface area (TPSA) is 37.3 Å². The van der Waals surface area contributed by atoms with Crippen molar-refractivity contribution in [1.82, 2.24) is 0 Å². The van der Waals surface area contributed by atoms with E-state index in [9.17, 15) is 4.79 Å². The van der Waals surface area contributed by atoms with Crippen molar-refractivity contribution in [3.05, 3.63) is 11.6 Å². The SMILES string of the molecule is CCCCCCC(C)(C)C=C(C)C(=O)O. The van der Waals surface area contributed by atoms with Crippen molar-refractivity contribution >= 4 is 5.97 Å². The minimum absolute atomic E-state index is 0.0101. The van der Waals surface area contributed by atoms with Crippen LogP contribution in [0.2, 0.25) is 0 Å². The summed E-state index contributed by atoms with van der Waals surface area (Å²) in [7, 11) is 0. The van der Waals surface area contributed by atoms with Gasteiger partial charge in [0.2, 0.25) is 0 Å². The maximum absolute atomic E-state index is 10.7. The van der Waals surface area contributed by atoms with E-state index in [0.717, 1.165) is 6.42 Å². The lowest BCUT2D eigenvalue weighted by Gasteiger charge is -2.20. The molecule has 0 amide bonds. The number of carboxylic acid groups (broad SMARTS) is 1. The summed E-state index contributed by atoms with van der Waals surface area (Å²) >= 11 is 0. The highest BCUT2D eigenvalue weighted by molar-refractivity contribution is 5.85. The predicted molar refractivity (Wildman–Crippen MR) is 63.9 cm³/mol. The summed E-state index contributed by atoms with van der Waals surface area (Å²) in [5.74, 6) is -0.809. The van der Waals surface area contributed by atoms with Crippen LogP contribution in [0.15, 0.2) is 11.6 Å². The predicted octanol–water partition coefficient (Wildman–Crippen LogP) is 4.01. The van der Waals surface area contributed by atoms with E-state index in [1.165, 1.54) is 25.7 Å². The van der Waals surface area contributed by atoms with Crippen LogP contribution in [0.3, 0.4) is 0 Å². The Bertz CT molecular complexity index is 227. The van der Waals surface area contributed by atoms with E-state index in [4.69, 9.17) is 5.11 Å². The molecule has 1 N–H and O–H groups in total. The van der Waals surface area contributed by atoms with Crippen LogP contribution >= 0.6 is 0 Å². The van der Waals surface area contributed by atoms with E-state index in [1.54, 1.807) is 6.92 Å². The van der Waals surface area contributed by atoms with Gasteiger partial charge in [0.05, 0.1) is 0 Å². The van der Waals surface area contributed by atoms with Crippen molar-refractivity contribution < 1.29 is 9.90 Å². The molecular weight excluding hydrogens is 188 g/mol. The number of rotatable bonds is 7. The number of allylic oxidation sites excluding steroid dienone is 1. The fourth-order valence-corrected chi connectivity index (χ4v) is 1.73. The molecule has 2 heteroatoms. The quantitative estimate of drug-likeness (QED) is 0.511. The third kappa shape index (κ3) is 7.18. The van der Waals surface area contributed by atoms with Crippen molar-refractivity contribution in [2.24, 2.45) is 5.41 Å². The smallest absolute Gasteiger partial charge is 0.330 e. The van der Waals surface area contributed by atoms with E-state index in [2.05, 4.69) is 20.8 Å². The molecule has 0 saturated carbocycles. The highest BCUT2D eigenvalue weighted by Gasteiger charge is 2.16. The van der Waals surface area contributed by atoms with Crippen molar-refractivity contribution in [3.8, 4) is 0 Å². The molecule has 0 unspecified atom stereocenters. The number of unbranched alkanes of at least 4 members (excludes halogenated alkanes) is 3. The van der Waals surface area contributed by atoms with Crippen LogP contribution in [0.4, 0.5) is 0 Å². The first kappa shape index (κ1) is 14.2. The first-order chi connectivity index (χ1) is 6.89. The summed E-state index contributed by atoms with van der Waals surface area (Å²) in [5, 5.41) is 8.79. The average Bonchev–Trinajstić information content (AvgIpc) is 2.11. The van der Waals surface area contributed by atoms with Gasteiger partial charge in [-0.2, -0.15) is 0 Å². The summed E-state index contributed by atoms with van der Waals surface area (Å²) < 4.78 is 0. The van der Waals surface area contributed by atoms with E-state index in [-0.39, 0.29) is 5.41 Å². The molecule has 0 atom stereocenters. The van der Waals surface area contributed by atoms with Crippen LogP contribution < -0.4 is 0 Å². The minimum Gasteiger partial charge on any atom is -0.478 e. The Morgan fingerprint density at radius 3 is 2.33 bits per heavy atom. The van der Waals surface area contributed by atoms with Gasteiger partial charge in [-0.25, -0.2) is 4.79 Å². The zero-order valence-corrected chi connectivity index (χ0v) is 10.5. The van der Waals surface area contributed by atoms with Crippen LogP contribution in [0.25, 0.3) is 0 Å². The Kier molecular flexibility index (Phi) is 6.30. The molecule has 0 spiro atoms. The zero-order valence-electron chi connectivity index (χ0n) is 10.5.